The van der Waals surface area contributed by atoms with Crippen molar-refractivity contribution in [3.8, 4) is 22.3 Å². The first-order chi connectivity index (χ1) is 16.3. The van der Waals surface area contributed by atoms with Crippen LogP contribution in [0.25, 0.3) is 44.1 Å². The van der Waals surface area contributed by atoms with Crippen molar-refractivity contribution in [2.24, 2.45) is 0 Å². The van der Waals surface area contributed by atoms with Gasteiger partial charge in [0.25, 0.3) is 0 Å². The fourth-order valence-electron chi connectivity index (χ4n) is 6.59. The lowest BCUT2D eigenvalue weighted by Gasteiger charge is -2.30. The van der Waals surface area contributed by atoms with E-state index < -0.39 is 0 Å². The lowest BCUT2D eigenvalue weighted by Crippen LogP contribution is -2.25. The van der Waals surface area contributed by atoms with Gasteiger partial charge in [-0.05, 0) is 56.6 Å². The van der Waals surface area contributed by atoms with Crippen molar-refractivity contribution < 1.29 is 0 Å². The predicted octanol–water partition coefficient (Wildman–Crippen LogP) is 8.34. The van der Waals surface area contributed by atoms with Crippen LogP contribution in [0.1, 0.15) is 22.3 Å². The van der Waals surface area contributed by atoms with E-state index in [1.165, 1.54) is 66.3 Å². The zero-order valence-electron chi connectivity index (χ0n) is 17.7. The van der Waals surface area contributed by atoms with Gasteiger partial charge in [-0.1, -0.05) is 97.1 Å². The fraction of sp³-hybridized carbons (Fsp3) is 0.0323. The van der Waals surface area contributed by atoms with Crippen molar-refractivity contribution in [3.63, 3.8) is 0 Å². The minimum atomic E-state index is -0.276. The van der Waals surface area contributed by atoms with Gasteiger partial charge in [-0.15, -0.1) is 0 Å². The molecular formula is C31H18IN. The van der Waals surface area contributed by atoms with Gasteiger partial charge < -0.3 is 0 Å². The molecule has 0 amide bonds. The second-order valence-corrected chi connectivity index (χ2v) is 10.0. The molecular weight excluding hydrogens is 513 g/mol. The molecule has 0 fully saturated rings. The number of nitrogens with zero attached hydrogens (tertiary/aromatic N) is 1. The number of halogens is 1. The minimum absolute atomic E-state index is 0.276. The van der Waals surface area contributed by atoms with Crippen molar-refractivity contribution in [3.05, 3.63) is 131 Å². The third kappa shape index (κ3) is 1.97. The van der Waals surface area contributed by atoms with Gasteiger partial charge in [0.05, 0.1) is 39.3 Å². The molecule has 0 N–H and O–H groups in total. The molecule has 8 rings (SSSR count). The highest BCUT2D eigenvalue weighted by Gasteiger charge is 2.52. The zero-order chi connectivity index (χ0) is 21.7. The van der Waals surface area contributed by atoms with Crippen molar-refractivity contribution in [2.45, 2.75) is 5.41 Å². The average Bonchev–Trinajstić information content (AvgIpc) is 3.46. The molecule has 0 saturated carbocycles. The van der Waals surface area contributed by atoms with E-state index in [1.807, 2.05) is 0 Å². The molecule has 154 valence electrons. The van der Waals surface area contributed by atoms with Crippen LogP contribution in [0, 0.1) is 0 Å². The Morgan fingerprint density at radius 2 is 1.03 bits per heavy atom. The summed E-state index contributed by atoms with van der Waals surface area (Å²) in [5, 5.41) is 2.69. The number of aromatic nitrogens is 1. The Balaban J connectivity index is 1.65. The summed E-state index contributed by atoms with van der Waals surface area (Å²) in [4.78, 5) is 0. The third-order valence-electron chi connectivity index (χ3n) is 7.74. The molecule has 6 aromatic rings. The van der Waals surface area contributed by atoms with Gasteiger partial charge in [0, 0.05) is 10.8 Å². The standard InChI is InChI=1S/C31H18IN/c32-33-27-16-8-4-12-22(27)30-28(33)18-17-26-29(30)21-11-3-7-15-25(21)31(26)23-13-5-1-9-19(23)20-10-2-6-14-24(20)31/h1-18H. The summed E-state index contributed by atoms with van der Waals surface area (Å²) in [5.74, 6) is 0. The molecule has 5 aromatic carbocycles. The van der Waals surface area contributed by atoms with E-state index in [0.29, 0.717) is 0 Å². The van der Waals surface area contributed by atoms with Gasteiger partial charge in [-0.2, -0.15) is 0 Å². The molecule has 0 unspecified atom stereocenters. The summed E-state index contributed by atoms with van der Waals surface area (Å²) in [6, 6.07) is 40.6. The molecule has 1 spiro atoms. The van der Waals surface area contributed by atoms with Crippen LogP contribution < -0.4 is 0 Å². The highest BCUT2D eigenvalue weighted by molar-refractivity contribution is 14.1. The molecule has 0 atom stereocenters. The van der Waals surface area contributed by atoms with Crippen LogP contribution >= 0.6 is 22.9 Å². The zero-order valence-corrected chi connectivity index (χ0v) is 19.9. The number of rotatable bonds is 0. The van der Waals surface area contributed by atoms with Crippen LogP contribution in [0.15, 0.2) is 109 Å². The second kappa shape index (κ2) is 6.15. The van der Waals surface area contributed by atoms with E-state index in [9.17, 15) is 0 Å². The van der Waals surface area contributed by atoms with E-state index in [1.54, 1.807) is 0 Å². The minimum Gasteiger partial charge on any atom is -0.282 e. The quantitative estimate of drug-likeness (QED) is 0.173. The van der Waals surface area contributed by atoms with Gasteiger partial charge >= 0.3 is 0 Å². The normalized spacial score (nSPS) is 14.5. The van der Waals surface area contributed by atoms with Gasteiger partial charge in [0.2, 0.25) is 0 Å². The smallest absolute Gasteiger partial charge is 0.0725 e. The Kier molecular flexibility index (Phi) is 3.37. The Labute approximate surface area is 205 Å². The van der Waals surface area contributed by atoms with Crippen LogP contribution in [-0.2, 0) is 5.41 Å². The Morgan fingerprint density at radius 3 is 1.73 bits per heavy atom. The largest absolute Gasteiger partial charge is 0.282 e. The van der Waals surface area contributed by atoms with Crippen molar-refractivity contribution in [1.29, 1.82) is 0 Å². The maximum Gasteiger partial charge on any atom is 0.0725 e. The highest BCUT2D eigenvalue weighted by Crippen LogP contribution is 2.64. The van der Waals surface area contributed by atoms with Gasteiger partial charge in [0.1, 0.15) is 0 Å². The molecule has 0 aliphatic heterocycles. The first-order valence-electron chi connectivity index (χ1n) is 11.3. The number of fused-ring (bicyclic) bond motifs is 14. The number of hydrogen-bond acceptors (Lipinski definition) is 0. The summed E-state index contributed by atoms with van der Waals surface area (Å²) >= 11 is 2.45. The van der Waals surface area contributed by atoms with Gasteiger partial charge in [-0.3, -0.25) is 2.78 Å². The molecule has 2 aliphatic rings. The summed E-state index contributed by atoms with van der Waals surface area (Å²) in [6.07, 6.45) is 0. The number of benzene rings is 5. The van der Waals surface area contributed by atoms with Crippen molar-refractivity contribution in [1.82, 2.24) is 2.78 Å². The van der Waals surface area contributed by atoms with Crippen molar-refractivity contribution in [2.75, 3.05) is 0 Å². The highest BCUT2D eigenvalue weighted by atomic mass is 127. The first kappa shape index (κ1) is 18.1. The fourth-order valence-corrected chi connectivity index (χ4v) is 7.42. The second-order valence-electron chi connectivity index (χ2n) is 9.07. The monoisotopic (exact) mass is 531 g/mol. The Morgan fingerprint density at radius 1 is 0.485 bits per heavy atom. The van der Waals surface area contributed by atoms with Gasteiger partial charge in [0.15, 0.2) is 0 Å². The molecule has 1 aromatic heterocycles. The van der Waals surface area contributed by atoms with E-state index in [0.717, 1.165) is 0 Å². The van der Waals surface area contributed by atoms with Crippen molar-refractivity contribution >= 4 is 44.7 Å². The molecule has 0 radical (unpaired) electrons. The molecule has 1 heterocycles. The van der Waals surface area contributed by atoms with Crippen LogP contribution in [0.3, 0.4) is 0 Å². The third-order valence-corrected chi connectivity index (χ3v) is 8.78. The van der Waals surface area contributed by atoms with E-state index in [-0.39, 0.29) is 5.41 Å². The Bertz CT molecular complexity index is 1740. The van der Waals surface area contributed by atoms with Crippen LogP contribution in [-0.4, -0.2) is 2.78 Å². The lowest BCUT2D eigenvalue weighted by atomic mass is 9.70. The summed E-state index contributed by atoms with van der Waals surface area (Å²) in [7, 11) is 0. The van der Waals surface area contributed by atoms with E-state index in [2.05, 4.69) is 135 Å². The van der Waals surface area contributed by atoms with E-state index >= 15 is 0 Å². The van der Waals surface area contributed by atoms with E-state index in [4.69, 9.17) is 0 Å². The maximum absolute atomic E-state index is 2.45. The predicted molar refractivity (Wildman–Crippen MR) is 145 cm³/mol. The Hall–Kier alpha value is -3.37. The average molecular weight is 531 g/mol. The molecule has 0 saturated heterocycles. The SMILES string of the molecule is In1c2ccccc2c2c3c(ccc21)C1(c2ccccc2-c2ccccc21)c1ccccc1-3. The lowest BCUT2D eigenvalue weighted by molar-refractivity contribution is 0.794. The summed E-state index contributed by atoms with van der Waals surface area (Å²) in [5.41, 5.74) is 13.3. The number of hydrogen-bond donors (Lipinski definition) is 0. The first-order valence-corrected chi connectivity index (χ1v) is 12.3. The maximum atomic E-state index is 2.45. The van der Waals surface area contributed by atoms with Crippen LogP contribution in [0.2, 0.25) is 0 Å². The molecule has 2 aliphatic carbocycles. The topological polar surface area (TPSA) is 4.93 Å². The molecule has 2 heteroatoms. The van der Waals surface area contributed by atoms with Crippen LogP contribution in [0.4, 0.5) is 0 Å². The molecule has 33 heavy (non-hydrogen) atoms. The summed E-state index contributed by atoms with van der Waals surface area (Å²) in [6.45, 7) is 0. The summed E-state index contributed by atoms with van der Waals surface area (Å²) < 4.78 is 2.31. The number of para-hydroxylation sites is 1. The molecule has 1 nitrogen and oxygen atoms in total. The molecule has 0 bridgehead atoms. The van der Waals surface area contributed by atoms with Crippen LogP contribution in [0.5, 0.6) is 0 Å². The van der Waals surface area contributed by atoms with Gasteiger partial charge in [-0.25, -0.2) is 0 Å².